The quantitative estimate of drug-likeness (QED) is 0.826. The Hall–Kier alpha value is -0.210. The maximum Gasteiger partial charge on any atom is 0.244 e. The van der Waals surface area contributed by atoms with E-state index in [1.165, 1.54) is 19.2 Å². The van der Waals surface area contributed by atoms with Crippen molar-refractivity contribution in [1.82, 2.24) is 4.31 Å². The van der Waals surface area contributed by atoms with E-state index >= 15 is 0 Å². The maximum absolute atomic E-state index is 12.3. The summed E-state index contributed by atoms with van der Waals surface area (Å²) in [6.07, 6.45) is 0. The first-order valence-electron chi connectivity index (χ1n) is 4.90. The van der Waals surface area contributed by atoms with Crippen molar-refractivity contribution in [2.24, 2.45) is 5.73 Å². The van der Waals surface area contributed by atoms with Crippen LogP contribution >= 0.6 is 39.7 Å². The van der Waals surface area contributed by atoms with Crippen LogP contribution in [-0.4, -0.2) is 30.8 Å². The summed E-state index contributed by atoms with van der Waals surface area (Å²) in [4.78, 5) is 0.132. The van der Waals surface area contributed by atoms with Crippen LogP contribution in [0.5, 0.6) is 0 Å². The molecule has 1 unspecified atom stereocenters. The predicted molar refractivity (Wildman–Crippen MR) is 80.3 cm³/mol. The molecule has 1 atom stereocenters. The number of thiocarbonyl (C=S) groups is 1. The van der Waals surface area contributed by atoms with E-state index in [2.05, 4.69) is 15.9 Å². The van der Waals surface area contributed by atoms with Gasteiger partial charge in [0.1, 0.15) is 4.90 Å². The number of hydrogen-bond acceptors (Lipinski definition) is 3. The van der Waals surface area contributed by atoms with E-state index in [1.54, 1.807) is 13.0 Å². The van der Waals surface area contributed by atoms with Gasteiger partial charge in [0.05, 0.1) is 16.1 Å². The summed E-state index contributed by atoms with van der Waals surface area (Å²) in [6, 6.07) is 3.99. The Morgan fingerprint density at radius 1 is 1.56 bits per heavy atom. The molecule has 0 bridgehead atoms. The number of nitrogens with zero attached hydrogens (tertiary/aromatic N) is 1. The van der Waals surface area contributed by atoms with Gasteiger partial charge in [0.15, 0.2) is 0 Å². The van der Waals surface area contributed by atoms with Gasteiger partial charge in [-0.15, -0.1) is 0 Å². The van der Waals surface area contributed by atoms with Crippen molar-refractivity contribution in [2.75, 3.05) is 7.05 Å². The van der Waals surface area contributed by atoms with E-state index < -0.39 is 16.1 Å². The zero-order valence-electron chi connectivity index (χ0n) is 9.72. The third-order valence-electron chi connectivity index (χ3n) is 2.51. The SMILES string of the molecule is CC(C(N)=S)N(C)S(=O)(=O)c1ccc(Br)cc1Cl. The Kier molecular flexibility index (Phi) is 5.13. The van der Waals surface area contributed by atoms with Crippen LogP contribution in [0.1, 0.15) is 6.92 Å². The Bertz CT molecular complexity index is 577. The first-order chi connectivity index (χ1) is 8.17. The summed E-state index contributed by atoms with van der Waals surface area (Å²) in [6.45, 7) is 1.62. The molecule has 0 spiro atoms. The van der Waals surface area contributed by atoms with Crippen molar-refractivity contribution in [3.8, 4) is 0 Å². The highest BCUT2D eigenvalue weighted by atomic mass is 79.9. The highest BCUT2D eigenvalue weighted by Gasteiger charge is 2.28. The van der Waals surface area contributed by atoms with Crippen LogP contribution in [0.3, 0.4) is 0 Å². The van der Waals surface area contributed by atoms with Gasteiger partial charge >= 0.3 is 0 Å². The standard InChI is InChI=1S/C10H12BrClN2O2S2/c1-6(10(13)17)14(2)18(15,16)9-4-3-7(11)5-8(9)12/h3-6H,1-2H3,(H2,13,17). The number of likely N-dealkylation sites (N-methyl/N-ethyl adjacent to an activating group) is 1. The molecule has 8 heteroatoms. The van der Waals surface area contributed by atoms with Crippen molar-refractivity contribution in [2.45, 2.75) is 17.9 Å². The monoisotopic (exact) mass is 370 g/mol. The normalized spacial score (nSPS) is 13.6. The fourth-order valence-electron chi connectivity index (χ4n) is 1.23. The zero-order valence-corrected chi connectivity index (χ0v) is 13.7. The third kappa shape index (κ3) is 3.21. The lowest BCUT2D eigenvalue weighted by Crippen LogP contribution is -2.42. The molecule has 1 rings (SSSR count). The van der Waals surface area contributed by atoms with E-state index in [4.69, 9.17) is 29.6 Å². The molecule has 0 saturated heterocycles. The molecule has 0 aliphatic rings. The number of halogens is 2. The summed E-state index contributed by atoms with van der Waals surface area (Å²) in [5, 5.41) is 0.145. The van der Waals surface area contributed by atoms with Crippen LogP contribution in [0.2, 0.25) is 5.02 Å². The van der Waals surface area contributed by atoms with Gasteiger partial charge in [-0.05, 0) is 25.1 Å². The van der Waals surface area contributed by atoms with Crippen LogP contribution in [0.4, 0.5) is 0 Å². The van der Waals surface area contributed by atoms with Gasteiger partial charge < -0.3 is 5.73 Å². The van der Waals surface area contributed by atoms with Gasteiger partial charge in [0.25, 0.3) is 0 Å². The minimum atomic E-state index is -3.72. The third-order valence-corrected chi connectivity index (χ3v) is 5.75. The number of nitrogens with two attached hydrogens (primary N) is 1. The molecule has 18 heavy (non-hydrogen) atoms. The van der Waals surface area contributed by atoms with Crippen LogP contribution in [-0.2, 0) is 10.0 Å². The van der Waals surface area contributed by atoms with E-state index in [0.29, 0.717) is 4.47 Å². The molecule has 1 aromatic rings. The number of hydrogen-bond donors (Lipinski definition) is 1. The Morgan fingerprint density at radius 3 is 2.56 bits per heavy atom. The minimum absolute atomic E-state index is 0.0259. The molecule has 0 radical (unpaired) electrons. The molecule has 0 aromatic heterocycles. The molecule has 0 aliphatic carbocycles. The Balaban J connectivity index is 3.25. The maximum atomic E-state index is 12.3. The molecule has 4 nitrogen and oxygen atoms in total. The minimum Gasteiger partial charge on any atom is -0.392 e. The molecule has 0 heterocycles. The van der Waals surface area contributed by atoms with Crippen LogP contribution in [0.15, 0.2) is 27.6 Å². The number of sulfonamides is 1. The van der Waals surface area contributed by atoms with E-state index in [1.807, 2.05) is 0 Å². The molecule has 1 aromatic carbocycles. The van der Waals surface area contributed by atoms with E-state index in [-0.39, 0.29) is 14.9 Å². The van der Waals surface area contributed by atoms with E-state index in [0.717, 1.165) is 4.31 Å². The topological polar surface area (TPSA) is 63.4 Å². The number of rotatable bonds is 4. The molecular formula is C10H12BrClN2O2S2. The van der Waals surface area contributed by atoms with Crippen molar-refractivity contribution in [3.05, 3.63) is 27.7 Å². The lowest BCUT2D eigenvalue weighted by molar-refractivity contribution is 0.451. The van der Waals surface area contributed by atoms with Gasteiger partial charge in [0, 0.05) is 11.5 Å². The second-order valence-electron chi connectivity index (χ2n) is 3.67. The highest BCUT2D eigenvalue weighted by molar-refractivity contribution is 9.10. The average molecular weight is 372 g/mol. The summed E-state index contributed by atoms with van der Waals surface area (Å²) < 4.78 is 26.4. The Morgan fingerprint density at radius 2 is 2.11 bits per heavy atom. The van der Waals surface area contributed by atoms with Crippen molar-refractivity contribution >= 4 is 54.8 Å². The highest BCUT2D eigenvalue weighted by Crippen LogP contribution is 2.27. The van der Waals surface area contributed by atoms with Crippen molar-refractivity contribution in [1.29, 1.82) is 0 Å². The molecule has 2 N–H and O–H groups in total. The smallest absolute Gasteiger partial charge is 0.244 e. The molecular weight excluding hydrogens is 360 g/mol. The van der Waals surface area contributed by atoms with Crippen LogP contribution in [0, 0.1) is 0 Å². The average Bonchev–Trinajstić information content (AvgIpc) is 2.26. The first-order valence-corrected chi connectivity index (χ1v) is 7.92. The first kappa shape index (κ1) is 15.8. The van der Waals surface area contributed by atoms with Crippen LogP contribution in [0.25, 0.3) is 0 Å². The lowest BCUT2D eigenvalue weighted by Gasteiger charge is -2.23. The molecule has 100 valence electrons. The van der Waals surface area contributed by atoms with Gasteiger partial charge in [-0.25, -0.2) is 8.42 Å². The summed E-state index contributed by atoms with van der Waals surface area (Å²) in [5.74, 6) is 0. The fraction of sp³-hybridized carbons (Fsp3) is 0.300. The van der Waals surface area contributed by atoms with Crippen molar-refractivity contribution < 1.29 is 8.42 Å². The second kappa shape index (κ2) is 5.83. The molecule has 0 saturated carbocycles. The Labute approximate surface area is 125 Å². The van der Waals surface area contributed by atoms with Gasteiger partial charge in [0.2, 0.25) is 10.0 Å². The van der Waals surface area contributed by atoms with Crippen molar-refractivity contribution in [3.63, 3.8) is 0 Å². The predicted octanol–water partition coefficient (Wildman–Crippen LogP) is 2.40. The van der Waals surface area contributed by atoms with Gasteiger partial charge in [-0.3, -0.25) is 0 Å². The lowest BCUT2D eigenvalue weighted by atomic mass is 10.3. The molecule has 0 aliphatic heterocycles. The second-order valence-corrected chi connectivity index (χ2v) is 7.43. The summed E-state index contributed by atoms with van der Waals surface area (Å²) in [5.41, 5.74) is 5.46. The molecule has 0 amide bonds. The number of benzene rings is 1. The van der Waals surface area contributed by atoms with E-state index in [9.17, 15) is 8.42 Å². The summed E-state index contributed by atoms with van der Waals surface area (Å²) >= 11 is 14.0. The fourth-order valence-corrected chi connectivity index (χ4v) is 3.80. The molecule has 0 fully saturated rings. The zero-order chi connectivity index (χ0) is 14.1. The van der Waals surface area contributed by atoms with Crippen LogP contribution < -0.4 is 5.73 Å². The largest absolute Gasteiger partial charge is 0.392 e. The van der Waals surface area contributed by atoms with Gasteiger partial charge in [-0.2, -0.15) is 4.31 Å². The van der Waals surface area contributed by atoms with Gasteiger partial charge in [-0.1, -0.05) is 39.7 Å². The summed E-state index contributed by atoms with van der Waals surface area (Å²) in [7, 11) is -2.30.